The van der Waals surface area contributed by atoms with Gasteiger partial charge in [-0.05, 0) is 223 Å². The Morgan fingerprint density at radius 3 is 1.30 bits per heavy atom. The van der Waals surface area contributed by atoms with Gasteiger partial charge in [0.1, 0.15) is 23.1 Å². The Kier molecular flexibility index (Phi) is 11.9. The number of hydrogen-bond acceptors (Lipinski definition) is 3. The molecule has 13 aromatic rings. The lowest BCUT2D eigenvalue weighted by molar-refractivity contribution is -0.0450. The maximum absolute atomic E-state index is 15.3. The van der Waals surface area contributed by atoms with Gasteiger partial charge in [0.05, 0.1) is 27.8 Å². The van der Waals surface area contributed by atoms with Crippen LogP contribution in [0.15, 0.2) is 231 Å². The fraction of sp³-hybridized carbons (Fsp3) is 0.220. The second-order valence-corrected chi connectivity index (χ2v) is 28.1. The maximum Gasteiger partial charge on any atom is 0.139 e. The van der Waals surface area contributed by atoms with E-state index in [9.17, 15) is 0 Å². The summed E-state index contributed by atoms with van der Waals surface area (Å²) in [7, 11) is 0. The van der Waals surface area contributed by atoms with Gasteiger partial charge in [-0.3, -0.25) is 0 Å². The van der Waals surface area contributed by atoms with Crippen molar-refractivity contribution in [2.24, 2.45) is 23.7 Å². The van der Waals surface area contributed by atoms with E-state index in [0.717, 1.165) is 137 Å². The molecule has 89 heavy (non-hydrogen) atoms. The van der Waals surface area contributed by atoms with Crippen LogP contribution in [0.25, 0.3) is 65.8 Å². The molecule has 0 saturated heterocycles. The Bertz CT molecular complexity index is 4960. The van der Waals surface area contributed by atoms with Gasteiger partial charge in [0.2, 0.25) is 0 Å². The molecule has 5 aliphatic rings. The number of nitrogens with zero attached hydrogens (tertiary/aromatic N) is 4. The summed E-state index contributed by atoms with van der Waals surface area (Å²) in [6, 6.07) is 81.3. The fourth-order valence-electron chi connectivity index (χ4n) is 17.1. The van der Waals surface area contributed by atoms with E-state index in [0.29, 0.717) is 23.7 Å². The number of hydrogen-bond donors (Lipinski definition) is 0. The number of benzene rings is 11. The maximum atomic E-state index is 15.3. The van der Waals surface area contributed by atoms with Crippen LogP contribution in [0, 0.1) is 35.3 Å². The van der Waals surface area contributed by atoms with Crippen LogP contribution < -0.4 is 14.5 Å². The first-order valence-electron chi connectivity index (χ1n) is 31.9. The summed E-state index contributed by atoms with van der Waals surface area (Å²) in [5.74, 6) is 3.36. The van der Waals surface area contributed by atoms with Gasteiger partial charge < -0.3 is 23.7 Å². The summed E-state index contributed by atoms with van der Waals surface area (Å²) in [5, 5.41) is 6.71. The van der Waals surface area contributed by atoms with Crippen LogP contribution in [0.4, 0.5) is 42.9 Å². The smallest absolute Gasteiger partial charge is 0.139 e. The van der Waals surface area contributed by atoms with E-state index in [-0.39, 0.29) is 22.5 Å². The van der Waals surface area contributed by atoms with Crippen LogP contribution in [0.5, 0.6) is 11.5 Å². The number of fused-ring (bicyclic) bond motifs is 10. The monoisotopic (exact) mass is 1160 g/mol. The molecule has 2 aromatic heterocycles. The molecule has 11 aromatic carbocycles. The summed E-state index contributed by atoms with van der Waals surface area (Å²) < 4.78 is 42.8. The lowest BCUT2D eigenvalue weighted by Crippen LogP contribution is -2.57. The SMILES string of the molecule is CC(C)(C)c1ccc(-n2c3ccccc3c3cc(N(c4ccc(F)cc4)c4ccc5c(c4)C4(c6cc(N(c7ccc(F)cc7)c7ccc8c(c7)c7ccccc7n8-c7ccc(C(C)(C)C)cc7)c7ccccc7c6O5)C5CC6CC(C5)CC4C6)ccc32)cc1. The van der Waals surface area contributed by atoms with Crippen LogP contribution >= 0.6 is 0 Å². The van der Waals surface area contributed by atoms with Crippen LogP contribution in [-0.2, 0) is 16.2 Å². The summed E-state index contributed by atoms with van der Waals surface area (Å²) >= 11 is 0. The van der Waals surface area contributed by atoms with E-state index >= 15 is 8.78 Å². The predicted octanol–water partition coefficient (Wildman–Crippen LogP) is 22.7. The highest BCUT2D eigenvalue weighted by molar-refractivity contribution is 6.13. The van der Waals surface area contributed by atoms with Gasteiger partial charge in [-0.2, -0.15) is 0 Å². The van der Waals surface area contributed by atoms with Crippen LogP contribution in [-0.4, -0.2) is 9.13 Å². The molecule has 1 spiro atoms. The molecule has 438 valence electrons. The van der Waals surface area contributed by atoms with Crippen molar-refractivity contribution in [3.63, 3.8) is 0 Å². The number of aromatic nitrogens is 2. The first-order valence-corrected chi connectivity index (χ1v) is 31.9. The van der Waals surface area contributed by atoms with E-state index in [4.69, 9.17) is 4.74 Å². The van der Waals surface area contributed by atoms with Gasteiger partial charge >= 0.3 is 0 Å². The van der Waals surface area contributed by atoms with Gasteiger partial charge in [-0.1, -0.05) is 126 Å². The molecular formula is C82H70F2N4O. The fourth-order valence-corrected chi connectivity index (χ4v) is 17.1. The summed E-state index contributed by atoms with van der Waals surface area (Å²) in [4.78, 5) is 4.69. The molecule has 5 nitrogen and oxygen atoms in total. The highest BCUT2D eigenvalue weighted by Crippen LogP contribution is 2.70. The average molecular weight is 1170 g/mol. The molecule has 0 unspecified atom stereocenters. The first-order chi connectivity index (χ1) is 43.1. The van der Waals surface area contributed by atoms with Crippen molar-refractivity contribution in [2.75, 3.05) is 9.80 Å². The standard InChI is InChI=1S/C82H70F2N4O/c1-80(2,3)52-19-27-60(28-20-52)87-73-17-11-9-14-66(73)69-46-62(35-38-75(69)87)85(58-31-23-56(83)24-32-58)64-37-40-78-71(48-64)82(54-42-50-41-51(44-54)45-55(82)43-50)72-49-77(65-13-7-8-16-68(65)79(72)89-78)86(59-33-25-57(84)26-34-59)63-36-39-76-70(47-63)67-15-10-12-18-74(67)88(76)61-29-21-53(22-30-61)81(4,5)6/h7-40,46-51,54-55H,41-45H2,1-6H3. The molecule has 0 radical (unpaired) electrons. The van der Waals surface area contributed by atoms with Crippen molar-refractivity contribution in [1.82, 2.24) is 9.13 Å². The van der Waals surface area contributed by atoms with E-state index in [1.165, 1.54) is 28.7 Å². The minimum atomic E-state index is -0.409. The zero-order valence-corrected chi connectivity index (χ0v) is 51.2. The Labute approximate surface area is 519 Å². The molecule has 0 amide bonds. The lowest BCUT2D eigenvalue weighted by Gasteiger charge is -2.63. The number of ether oxygens (including phenoxy) is 1. The first kappa shape index (κ1) is 53.8. The largest absolute Gasteiger partial charge is 0.456 e. The third-order valence-corrected chi connectivity index (χ3v) is 20.9. The molecule has 4 fully saturated rings. The molecule has 1 aliphatic heterocycles. The van der Waals surface area contributed by atoms with Gasteiger partial charge in [0.15, 0.2) is 0 Å². The van der Waals surface area contributed by atoms with Crippen molar-refractivity contribution >= 4 is 88.5 Å². The summed E-state index contributed by atoms with van der Waals surface area (Å²) in [6.45, 7) is 13.5. The zero-order chi connectivity index (χ0) is 60.2. The Morgan fingerprint density at radius 2 is 0.798 bits per heavy atom. The predicted molar refractivity (Wildman–Crippen MR) is 364 cm³/mol. The molecule has 18 rings (SSSR count). The molecule has 4 saturated carbocycles. The van der Waals surface area contributed by atoms with Gasteiger partial charge in [-0.25, -0.2) is 8.78 Å². The van der Waals surface area contributed by atoms with Crippen LogP contribution in [0.1, 0.15) is 95.9 Å². The topological polar surface area (TPSA) is 25.6 Å². The average Bonchev–Trinajstić information content (AvgIpc) is 1.43. The van der Waals surface area contributed by atoms with E-state index in [1.54, 1.807) is 24.3 Å². The molecule has 3 heterocycles. The van der Waals surface area contributed by atoms with Crippen molar-refractivity contribution in [3.8, 4) is 22.9 Å². The molecule has 0 atom stereocenters. The Balaban J connectivity index is 0.864. The number of halogens is 2. The molecule has 4 bridgehead atoms. The summed E-state index contributed by atoms with van der Waals surface area (Å²) in [6.07, 6.45) is 5.92. The second kappa shape index (κ2) is 19.8. The normalized spacial score (nSPS) is 19.4. The lowest BCUT2D eigenvalue weighted by atomic mass is 9.41. The molecule has 7 heteroatoms. The van der Waals surface area contributed by atoms with E-state index in [1.807, 2.05) is 24.3 Å². The Hall–Kier alpha value is -9.46. The number of para-hydroxylation sites is 2. The van der Waals surface area contributed by atoms with E-state index < -0.39 is 5.41 Å². The zero-order valence-electron chi connectivity index (χ0n) is 51.2. The minimum Gasteiger partial charge on any atom is -0.456 e. The third kappa shape index (κ3) is 8.36. The highest BCUT2D eigenvalue weighted by atomic mass is 19.1. The minimum absolute atomic E-state index is 0.0293. The molecule has 0 N–H and O–H groups in total. The molecule has 4 aliphatic carbocycles. The molecular weight excluding hydrogens is 1090 g/mol. The van der Waals surface area contributed by atoms with E-state index in [2.05, 4.69) is 242 Å². The number of anilines is 6. The van der Waals surface area contributed by atoms with Crippen molar-refractivity contribution in [3.05, 3.63) is 264 Å². The third-order valence-electron chi connectivity index (χ3n) is 20.9. The van der Waals surface area contributed by atoms with Crippen molar-refractivity contribution < 1.29 is 13.5 Å². The number of rotatable bonds is 8. The van der Waals surface area contributed by atoms with Gasteiger partial charge in [-0.15, -0.1) is 0 Å². The van der Waals surface area contributed by atoms with Gasteiger partial charge in [0.25, 0.3) is 0 Å². The quantitative estimate of drug-likeness (QED) is 0.152. The summed E-state index contributed by atoms with van der Waals surface area (Å²) in [5.41, 5.74) is 17.1. The Morgan fingerprint density at radius 1 is 0.382 bits per heavy atom. The van der Waals surface area contributed by atoms with Crippen LogP contribution in [0.3, 0.4) is 0 Å². The van der Waals surface area contributed by atoms with Crippen LogP contribution in [0.2, 0.25) is 0 Å². The second-order valence-electron chi connectivity index (χ2n) is 28.1. The van der Waals surface area contributed by atoms with Gasteiger partial charge in [0, 0.05) is 88.7 Å². The van der Waals surface area contributed by atoms with Crippen molar-refractivity contribution in [2.45, 2.75) is 89.9 Å². The highest BCUT2D eigenvalue weighted by Gasteiger charge is 2.62. The van der Waals surface area contributed by atoms with Crippen molar-refractivity contribution in [1.29, 1.82) is 0 Å².